The molecule has 0 aliphatic carbocycles. The molecule has 0 spiro atoms. The Morgan fingerprint density at radius 3 is 2.38 bits per heavy atom. The Bertz CT molecular complexity index is 818. The Kier molecular flexibility index (Phi) is 4.19. The molecular weight excluding hydrogens is 342 g/mol. The molecule has 0 amide bonds. The van der Waals surface area contributed by atoms with Gasteiger partial charge in [0.05, 0.1) is 27.7 Å². The quantitative estimate of drug-likeness (QED) is 0.795. The lowest BCUT2D eigenvalue weighted by molar-refractivity contribution is 0.491. The molecule has 2 aromatic rings. The van der Waals surface area contributed by atoms with Gasteiger partial charge in [-0.1, -0.05) is 23.2 Å². The number of aryl methyl sites for hydroxylation is 1. The summed E-state index contributed by atoms with van der Waals surface area (Å²) in [7, 11) is -3.79. The molecule has 21 heavy (non-hydrogen) atoms. The van der Waals surface area contributed by atoms with Crippen LogP contribution in [0.2, 0.25) is 10.0 Å². The summed E-state index contributed by atoms with van der Waals surface area (Å²) in [5.41, 5.74) is 1.03. The van der Waals surface area contributed by atoms with Crippen LogP contribution in [0.25, 0.3) is 5.69 Å². The van der Waals surface area contributed by atoms with E-state index in [9.17, 15) is 12.8 Å². The second-order valence-corrected chi connectivity index (χ2v) is 6.78. The summed E-state index contributed by atoms with van der Waals surface area (Å²) in [5, 5.41) is 4.34. The van der Waals surface area contributed by atoms with Crippen molar-refractivity contribution >= 4 is 33.3 Å². The van der Waals surface area contributed by atoms with Crippen LogP contribution in [0.1, 0.15) is 11.4 Å². The highest BCUT2D eigenvalue weighted by Crippen LogP contribution is 2.32. The van der Waals surface area contributed by atoms with E-state index in [0.29, 0.717) is 16.4 Å². The first-order valence-corrected chi connectivity index (χ1v) is 8.28. The van der Waals surface area contributed by atoms with E-state index in [1.54, 1.807) is 13.8 Å². The van der Waals surface area contributed by atoms with Crippen molar-refractivity contribution in [2.75, 3.05) is 6.26 Å². The van der Waals surface area contributed by atoms with E-state index in [0.717, 1.165) is 18.4 Å². The molecule has 0 saturated heterocycles. The molecule has 1 aromatic heterocycles. The first-order valence-electron chi connectivity index (χ1n) is 5.70. The Hall–Kier alpha value is -1.31. The van der Waals surface area contributed by atoms with Gasteiger partial charge in [0, 0.05) is 6.07 Å². The predicted molar refractivity (Wildman–Crippen MR) is 78.5 cm³/mol. The van der Waals surface area contributed by atoms with Crippen LogP contribution in [-0.2, 0) is 10.1 Å². The fraction of sp³-hybridized carbons (Fsp3) is 0.250. The minimum Gasteiger partial charge on any atom is -0.381 e. The Morgan fingerprint density at radius 1 is 1.29 bits per heavy atom. The summed E-state index contributed by atoms with van der Waals surface area (Å²) in [6.45, 7) is 3.33. The highest BCUT2D eigenvalue weighted by molar-refractivity contribution is 7.86. The number of benzene rings is 1. The van der Waals surface area contributed by atoms with Gasteiger partial charge in [0.1, 0.15) is 5.69 Å². The van der Waals surface area contributed by atoms with E-state index >= 15 is 0 Å². The van der Waals surface area contributed by atoms with Crippen molar-refractivity contribution in [1.29, 1.82) is 0 Å². The molecule has 0 atom stereocenters. The maximum absolute atomic E-state index is 14.1. The maximum Gasteiger partial charge on any atom is 0.306 e. The summed E-state index contributed by atoms with van der Waals surface area (Å²) >= 11 is 11.8. The Labute approximate surface area is 131 Å². The number of rotatable bonds is 3. The van der Waals surface area contributed by atoms with Gasteiger partial charge in [-0.3, -0.25) is 0 Å². The monoisotopic (exact) mass is 352 g/mol. The topological polar surface area (TPSA) is 61.2 Å². The number of hydrogen-bond acceptors (Lipinski definition) is 4. The lowest BCUT2D eigenvalue weighted by Gasteiger charge is -2.10. The van der Waals surface area contributed by atoms with Crippen LogP contribution in [-0.4, -0.2) is 24.5 Å². The average molecular weight is 353 g/mol. The molecule has 0 unspecified atom stereocenters. The van der Waals surface area contributed by atoms with E-state index in [2.05, 4.69) is 5.10 Å². The van der Waals surface area contributed by atoms with E-state index in [1.165, 1.54) is 4.68 Å². The van der Waals surface area contributed by atoms with Crippen LogP contribution in [0.4, 0.5) is 4.39 Å². The third-order valence-electron chi connectivity index (χ3n) is 2.67. The van der Waals surface area contributed by atoms with Crippen molar-refractivity contribution in [2.45, 2.75) is 13.8 Å². The van der Waals surface area contributed by atoms with Crippen LogP contribution in [0, 0.1) is 19.7 Å². The van der Waals surface area contributed by atoms with Crippen LogP contribution in [0.3, 0.4) is 0 Å². The largest absolute Gasteiger partial charge is 0.381 e. The third kappa shape index (κ3) is 3.30. The highest BCUT2D eigenvalue weighted by atomic mass is 35.5. The van der Waals surface area contributed by atoms with E-state index in [-0.39, 0.29) is 16.5 Å². The zero-order chi connectivity index (χ0) is 15.9. The summed E-state index contributed by atoms with van der Waals surface area (Å²) < 4.78 is 42.5. The van der Waals surface area contributed by atoms with Crippen molar-refractivity contribution in [3.05, 3.63) is 39.4 Å². The normalized spacial score (nSPS) is 11.7. The maximum atomic E-state index is 14.1. The van der Waals surface area contributed by atoms with Gasteiger partial charge in [0.2, 0.25) is 0 Å². The van der Waals surface area contributed by atoms with Crippen molar-refractivity contribution < 1.29 is 17.0 Å². The minimum absolute atomic E-state index is 0.00875. The SMILES string of the molecule is Cc1nn(-c2cc(OS(C)(=O)=O)c(Cl)cc2F)c(C)c1Cl. The van der Waals surface area contributed by atoms with Gasteiger partial charge in [-0.15, -0.1) is 0 Å². The molecule has 1 heterocycles. The average Bonchev–Trinajstić information content (AvgIpc) is 2.59. The van der Waals surface area contributed by atoms with Gasteiger partial charge < -0.3 is 4.18 Å². The Morgan fingerprint density at radius 2 is 1.90 bits per heavy atom. The van der Waals surface area contributed by atoms with E-state index in [1.807, 2.05) is 0 Å². The molecule has 1 aromatic carbocycles. The molecule has 0 saturated carbocycles. The highest BCUT2D eigenvalue weighted by Gasteiger charge is 2.18. The minimum atomic E-state index is -3.79. The molecule has 2 rings (SSSR count). The van der Waals surface area contributed by atoms with E-state index < -0.39 is 15.9 Å². The van der Waals surface area contributed by atoms with Gasteiger partial charge >= 0.3 is 10.1 Å². The molecule has 0 bridgehead atoms. The molecule has 114 valence electrons. The molecule has 0 radical (unpaired) electrons. The summed E-state index contributed by atoms with van der Waals surface area (Å²) in [5.74, 6) is -0.859. The first-order chi connectivity index (χ1) is 9.60. The van der Waals surface area contributed by atoms with Crippen molar-refractivity contribution in [3.8, 4) is 11.4 Å². The lowest BCUT2D eigenvalue weighted by Crippen LogP contribution is -2.08. The summed E-state index contributed by atoms with van der Waals surface area (Å²) in [6.07, 6.45) is 0.868. The lowest BCUT2D eigenvalue weighted by atomic mass is 10.2. The zero-order valence-corrected chi connectivity index (χ0v) is 13.6. The van der Waals surface area contributed by atoms with Crippen LogP contribution < -0.4 is 4.18 Å². The van der Waals surface area contributed by atoms with Crippen molar-refractivity contribution in [2.24, 2.45) is 0 Å². The van der Waals surface area contributed by atoms with Crippen molar-refractivity contribution in [1.82, 2.24) is 9.78 Å². The van der Waals surface area contributed by atoms with E-state index in [4.69, 9.17) is 27.4 Å². The van der Waals surface area contributed by atoms with Gasteiger partial charge in [-0.2, -0.15) is 13.5 Å². The number of aromatic nitrogens is 2. The molecule has 5 nitrogen and oxygen atoms in total. The van der Waals surface area contributed by atoms with Crippen LogP contribution in [0.15, 0.2) is 12.1 Å². The van der Waals surface area contributed by atoms with Crippen LogP contribution >= 0.6 is 23.2 Å². The van der Waals surface area contributed by atoms with Crippen molar-refractivity contribution in [3.63, 3.8) is 0 Å². The summed E-state index contributed by atoms with van der Waals surface area (Å²) in [6, 6.07) is 2.12. The zero-order valence-electron chi connectivity index (χ0n) is 11.3. The van der Waals surface area contributed by atoms with Gasteiger partial charge in [0.25, 0.3) is 0 Å². The van der Waals surface area contributed by atoms with Gasteiger partial charge in [-0.05, 0) is 19.9 Å². The Balaban J connectivity index is 2.64. The predicted octanol–water partition coefficient (Wildman–Crippen LogP) is 3.27. The fourth-order valence-electron chi connectivity index (χ4n) is 1.77. The molecule has 0 aliphatic rings. The smallest absolute Gasteiger partial charge is 0.306 e. The molecule has 9 heteroatoms. The molecule has 0 aliphatic heterocycles. The van der Waals surface area contributed by atoms with Gasteiger partial charge in [0.15, 0.2) is 11.6 Å². The summed E-state index contributed by atoms with van der Waals surface area (Å²) in [4.78, 5) is 0. The first kappa shape index (κ1) is 16.1. The second-order valence-electron chi connectivity index (χ2n) is 4.42. The number of halogens is 3. The fourth-order valence-corrected chi connectivity index (χ4v) is 2.58. The number of nitrogens with zero attached hydrogens (tertiary/aromatic N) is 2. The van der Waals surface area contributed by atoms with Crippen LogP contribution in [0.5, 0.6) is 5.75 Å². The molecule has 0 fully saturated rings. The second kappa shape index (κ2) is 5.47. The molecular formula is C12H11Cl2FN2O3S. The molecule has 0 N–H and O–H groups in total. The third-order valence-corrected chi connectivity index (χ3v) is 4.00. The standard InChI is InChI=1S/C12H11Cl2FN2O3S/c1-6-12(14)7(2)17(16-6)10-5-11(20-21(3,18)19)8(13)4-9(10)15/h4-5H,1-3H3. The number of hydrogen-bond donors (Lipinski definition) is 0. The van der Waals surface area contributed by atoms with Gasteiger partial charge in [-0.25, -0.2) is 9.07 Å².